The van der Waals surface area contributed by atoms with Crippen LogP contribution in [-0.4, -0.2) is 31.2 Å². The Hall–Kier alpha value is -0.810. The summed E-state index contributed by atoms with van der Waals surface area (Å²) < 4.78 is 33.3. The average molecular weight is 192 g/mol. The third-order valence-electron chi connectivity index (χ3n) is 1.69. The van der Waals surface area contributed by atoms with Gasteiger partial charge < -0.3 is 9.47 Å². The molecular formula is C8H10F2O3. The highest BCUT2D eigenvalue weighted by Crippen LogP contribution is 2.32. The van der Waals surface area contributed by atoms with E-state index >= 15 is 0 Å². The first-order chi connectivity index (χ1) is 5.93. The van der Waals surface area contributed by atoms with E-state index in [4.69, 9.17) is 0 Å². The number of ether oxygens (including phenoxy) is 2. The lowest BCUT2D eigenvalue weighted by molar-refractivity contribution is -0.381. The van der Waals surface area contributed by atoms with E-state index in [2.05, 4.69) is 16.1 Å². The molecule has 0 bridgehead atoms. The fourth-order valence-corrected chi connectivity index (χ4v) is 0.722. The lowest BCUT2D eigenvalue weighted by Gasteiger charge is -2.35. The van der Waals surface area contributed by atoms with Crippen LogP contribution in [0.1, 0.15) is 6.92 Å². The number of rotatable bonds is 4. The Kier molecular flexibility index (Phi) is 2.77. The first kappa shape index (κ1) is 10.3. The minimum Gasteiger partial charge on any atom is -0.359 e. The molecule has 0 aromatic heterocycles. The molecule has 1 rings (SSSR count). The first-order valence-electron chi connectivity index (χ1n) is 3.75. The average Bonchev–Trinajstić information content (AvgIpc) is 2.02. The van der Waals surface area contributed by atoms with Gasteiger partial charge in [0.05, 0.1) is 6.61 Å². The normalized spacial score (nSPS) is 25.0. The van der Waals surface area contributed by atoms with E-state index in [1.54, 1.807) is 0 Å². The van der Waals surface area contributed by atoms with Crippen molar-refractivity contribution in [3.8, 4) is 0 Å². The largest absolute Gasteiger partial charge is 0.384 e. The zero-order valence-electron chi connectivity index (χ0n) is 7.18. The highest BCUT2D eigenvalue weighted by atomic mass is 19.3. The molecule has 1 unspecified atom stereocenters. The summed E-state index contributed by atoms with van der Waals surface area (Å²) in [5.41, 5.74) is 0.295. The second-order valence-electron chi connectivity index (χ2n) is 2.88. The molecule has 0 radical (unpaired) electrons. The highest BCUT2D eigenvalue weighted by Gasteiger charge is 2.51. The van der Waals surface area contributed by atoms with Crippen molar-refractivity contribution in [3.05, 3.63) is 12.2 Å². The van der Waals surface area contributed by atoms with Crippen LogP contribution in [-0.2, 0) is 14.3 Å². The van der Waals surface area contributed by atoms with Crippen molar-refractivity contribution in [3.63, 3.8) is 0 Å². The van der Waals surface area contributed by atoms with Gasteiger partial charge in [-0.3, -0.25) is 4.79 Å². The summed E-state index contributed by atoms with van der Waals surface area (Å²) in [4.78, 5) is 10.9. The molecule has 1 aliphatic rings. The Bertz CT molecular complexity index is 238. The molecule has 1 saturated heterocycles. The van der Waals surface area contributed by atoms with Crippen molar-refractivity contribution in [2.24, 2.45) is 0 Å². The van der Waals surface area contributed by atoms with Gasteiger partial charge in [-0.15, -0.1) is 0 Å². The van der Waals surface area contributed by atoms with Crippen LogP contribution in [0.3, 0.4) is 0 Å². The van der Waals surface area contributed by atoms with Crippen LogP contribution in [0, 0.1) is 0 Å². The maximum Gasteiger partial charge on any atom is 0.384 e. The van der Waals surface area contributed by atoms with Gasteiger partial charge in [0.25, 0.3) is 0 Å². The molecular weight excluding hydrogens is 182 g/mol. The highest BCUT2D eigenvalue weighted by molar-refractivity contribution is 5.95. The molecule has 3 nitrogen and oxygen atoms in total. The number of carbonyl (C=O) groups excluding carboxylic acids is 1. The van der Waals surface area contributed by atoms with Crippen LogP contribution in [0.15, 0.2) is 12.2 Å². The summed E-state index contributed by atoms with van der Waals surface area (Å²) in [5, 5.41) is 0. The topological polar surface area (TPSA) is 35.5 Å². The third kappa shape index (κ3) is 2.32. The van der Waals surface area contributed by atoms with Gasteiger partial charge >= 0.3 is 6.11 Å². The predicted octanol–water partition coefficient (Wildman–Crippen LogP) is 1.14. The standard InChI is InChI=1S/C8H10F2O3/c1-5(2)6(11)3-12-7-4-13-8(7,9)10/h7H,1,3-4H2,2H3. The van der Waals surface area contributed by atoms with Crippen LogP contribution in [0.5, 0.6) is 0 Å². The van der Waals surface area contributed by atoms with E-state index in [1.807, 2.05) is 0 Å². The number of ketones is 1. The molecule has 0 amide bonds. The summed E-state index contributed by atoms with van der Waals surface area (Å²) in [6, 6.07) is 0. The predicted molar refractivity (Wildman–Crippen MR) is 40.5 cm³/mol. The SMILES string of the molecule is C=C(C)C(=O)COC1COC1(F)F. The van der Waals surface area contributed by atoms with Crippen LogP contribution >= 0.6 is 0 Å². The van der Waals surface area contributed by atoms with Gasteiger partial charge in [0.1, 0.15) is 6.61 Å². The maximum absolute atomic E-state index is 12.4. The molecule has 1 fully saturated rings. The summed E-state index contributed by atoms with van der Waals surface area (Å²) in [6.07, 6.45) is -4.54. The molecule has 0 N–H and O–H groups in total. The van der Waals surface area contributed by atoms with Crippen molar-refractivity contribution in [1.82, 2.24) is 0 Å². The Morgan fingerprint density at radius 1 is 1.77 bits per heavy atom. The molecule has 1 heterocycles. The van der Waals surface area contributed by atoms with E-state index in [1.165, 1.54) is 6.92 Å². The second kappa shape index (κ2) is 3.51. The summed E-state index contributed by atoms with van der Waals surface area (Å²) in [6.45, 7) is 4.33. The quantitative estimate of drug-likeness (QED) is 0.626. The van der Waals surface area contributed by atoms with Crippen molar-refractivity contribution < 1.29 is 23.0 Å². The summed E-state index contributed by atoms with van der Waals surface area (Å²) in [5.74, 6) is -0.372. The minimum absolute atomic E-state index is 0.170. The Balaban J connectivity index is 2.28. The zero-order valence-corrected chi connectivity index (χ0v) is 7.18. The number of alkyl halides is 2. The molecule has 0 spiro atoms. The fourth-order valence-electron chi connectivity index (χ4n) is 0.722. The van der Waals surface area contributed by atoms with E-state index in [0.717, 1.165) is 0 Å². The smallest absolute Gasteiger partial charge is 0.359 e. The van der Waals surface area contributed by atoms with Gasteiger partial charge in [-0.1, -0.05) is 6.58 Å². The number of hydrogen-bond donors (Lipinski definition) is 0. The van der Waals surface area contributed by atoms with Crippen molar-refractivity contribution in [1.29, 1.82) is 0 Å². The molecule has 5 heteroatoms. The molecule has 13 heavy (non-hydrogen) atoms. The van der Waals surface area contributed by atoms with Crippen LogP contribution in [0.4, 0.5) is 8.78 Å². The van der Waals surface area contributed by atoms with Crippen LogP contribution < -0.4 is 0 Å². The second-order valence-corrected chi connectivity index (χ2v) is 2.88. The van der Waals surface area contributed by atoms with Gasteiger partial charge in [-0.05, 0) is 12.5 Å². The Labute approximate surface area is 74.3 Å². The van der Waals surface area contributed by atoms with E-state index in [0.29, 0.717) is 5.57 Å². The number of Topliss-reactive ketones (excluding diaryl/α,β-unsaturated/α-hetero) is 1. The summed E-state index contributed by atoms with van der Waals surface area (Å²) in [7, 11) is 0. The van der Waals surface area contributed by atoms with E-state index in [-0.39, 0.29) is 19.0 Å². The number of hydrogen-bond acceptors (Lipinski definition) is 3. The van der Waals surface area contributed by atoms with Gasteiger partial charge in [0.2, 0.25) is 0 Å². The molecule has 0 aromatic rings. The molecule has 0 saturated carbocycles. The molecule has 1 atom stereocenters. The van der Waals surface area contributed by atoms with E-state index < -0.39 is 12.2 Å². The molecule has 1 aliphatic heterocycles. The zero-order chi connectivity index (χ0) is 10.1. The maximum atomic E-state index is 12.4. The van der Waals surface area contributed by atoms with Gasteiger partial charge in [0, 0.05) is 0 Å². The van der Waals surface area contributed by atoms with Crippen molar-refractivity contribution in [2.75, 3.05) is 13.2 Å². The molecule has 74 valence electrons. The molecule has 0 aromatic carbocycles. The number of carbonyl (C=O) groups is 1. The van der Waals surface area contributed by atoms with Gasteiger partial charge in [-0.2, -0.15) is 8.78 Å². The fraction of sp³-hybridized carbons (Fsp3) is 0.625. The van der Waals surface area contributed by atoms with Crippen molar-refractivity contribution >= 4 is 5.78 Å². The van der Waals surface area contributed by atoms with Crippen LogP contribution in [0.25, 0.3) is 0 Å². The van der Waals surface area contributed by atoms with E-state index in [9.17, 15) is 13.6 Å². The van der Waals surface area contributed by atoms with Crippen LogP contribution in [0.2, 0.25) is 0 Å². The van der Waals surface area contributed by atoms with Gasteiger partial charge in [-0.25, -0.2) is 0 Å². The first-order valence-corrected chi connectivity index (χ1v) is 3.75. The lowest BCUT2D eigenvalue weighted by Crippen LogP contribution is -2.53. The minimum atomic E-state index is -3.24. The Morgan fingerprint density at radius 3 is 2.69 bits per heavy atom. The third-order valence-corrected chi connectivity index (χ3v) is 1.69. The lowest BCUT2D eigenvalue weighted by atomic mass is 10.2. The Morgan fingerprint density at radius 2 is 2.38 bits per heavy atom. The molecule has 0 aliphatic carbocycles. The summed E-state index contributed by atoms with van der Waals surface area (Å²) >= 11 is 0. The monoisotopic (exact) mass is 192 g/mol. The van der Waals surface area contributed by atoms with Gasteiger partial charge in [0.15, 0.2) is 11.9 Å². The van der Waals surface area contributed by atoms with Crippen molar-refractivity contribution in [2.45, 2.75) is 19.1 Å². The number of halogens is 2.